The van der Waals surface area contributed by atoms with Crippen LogP contribution in [0.3, 0.4) is 0 Å². The Morgan fingerprint density at radius 2 is 1.88 bits per heavy atom. The second-order valence-corrected chi connectivity index (χ2v) is 11.8. The molecule has 3 atom stereocenters. The monoisotopic (exact) mass is 496 g/mol. The fraction of sp³-hybridized carbons (Fsp3) is 0.250. The molecule has 0 aliphatic carbocycles. The van der Waals surface area contributed by atoms with Gasteiger partial charge >= 0.3 is 0 Å². The van der Waals surface area contributed by atoms with Gasteiger partial charge in [-0.15, -0.1) is 11.8 Å². The second-order valence-electron chi connectivity index (χ2n) is 8.44. The van der Waals surface area contributed by atoms with Crippen molar-refractivity contribution in [2.75, 3.05) is 18.4 Å². The number of nitrogens with zero attached hydrogens (tertiary/aromatic N) is 1. The van der Waals surface area contributed by atoms with E-state index < -0.39 is 10.0 Å². The Balaban J connectivity index is 1.22. The number of amides is 2. The van der Waals surface area contributed by atoms with Crippen LogP contribution >= 0.6 is 11.8 Å². The third kappa shape index (κ3) is 4.36. The van der Waals surface area contributed by atoms with Crippen molar-refractivity contribution in [3.8, 4) is 0 Å². The van der Waals surface area contributed by atoms with Gasteiger partial charge < -0.3 is 15.6 Å². The zero-order valence-electron chi connectivity index (χ0n) is 18.2. The molecule has 3 N–H and O–H groups in total. The van der Waals surface area contributed by atoms with Gasteiger partial charge in [0.15, 0.2) is 0 Å². The first-order valence-corrected chi connectivity index (χ1v) is 13.3. The van der Waals surface area contributed by atoms with Crippen LogP contribution in [0.1, 0.15) is 16.9 Å². The number of carbonyl (C=O) groups excluding carboxylic acids is 2. The number of benzene rings is 2. The molecule has 0 spiro atoms. The largest absolute Gasteiger partial charge is 0.351 e. The number of fused-ring (bicyclic) bond motifs is 2. The van der Waals surface area contributed by atoms with E-state index in [-0.39, 0.29) is 33.3 Å². The van der Waals surface area contributed by atoms with E-state index in [2.05, 4.69) is 22.2 Å². The highest BCUT2D eigenvalue weighted by Gasteiger charge is 2.45. The van der Waals surface area contributed by atoms with Crippen molar-refractivity contribution < 1.29 is 18.0 Å². The number of carbonyl (C=O) groups is 2. The Kier molecular flexibility index (Phi) is 5.97. The number of hydrogen-bond acceptors (Lipinski definition) is 5. The fourth-order valence-corrected chi connectivity index (χ4v) is 7.75. The van der Waals surface area contributed by atoms with Crippen LogP contribution in [0.4, 0.5) is 5.69 Å². The summed E-state index contributed by atoms with van der Waals surface area (Å²) in [4.78, 5) is 27.4. The maximum absolute atomic E-state index is 13.2. The standard InChI is InChI=1S/C24H24N4O4S2/c1-2-22(29)27-23-12-16-13-28(14-21(16)33-23)34(31,32)18-9-7-17(8-10-18)25-24(30)20-11-15-5-3-4-6-19(15)26-20/h2-11,16,21,23,26H,1,12-14H2,(H,25,30)(H,27,29). The highest BCUT2D eigenvalue weighted by molar-refractivity contribution is 8.00. The summed E-state index contributed by atoms with van der Waals surface area (Å²) in [5.41, 5.74) is 1.82. The minimum atomic E-state index is -3.64. The van der Waals surface area contributed by atoms with Gasteiger partial charge in [0.05, 0.1) is 10.3 Å². The highest BCUT2D eigenvalue weighted by atomic mass is 32.2. The van der Waals surface area contributed by atoms with Crippen molar-refractivity contribution in [2.24, 2.45) is 5.92 Å². The van der Waals surface area contributed by atoms with Gasteiger partial charge in [-0.1, -0.05) is 24.8 Å². The van der Waals surface area contributed by atoms with Crippen LogP contribution in [0, 0.1) is 5.92 Å². The van der Waals surface area contributed by atoms with Gasteiger partial charge in [-0.25, -0.2) is 8.42 Å². The number of sulfonamides is 1. The van der Waals surface area contributed by atoms with Gasteiger partial charge in [0.2, 0.25) is 15.9 Å². The molecule has 1 aromatic heterocycles. The molecule has 2 fully saturated rings. The number of nitrogens with one attached hydrogen (secondary N) is 3. The molecule has 0 radical (unpaired) electrons. The zero-order valence-corrected chi connectivity index (χ0v) is 19.9. The number of aromatic nitrogens is 1. The van der Waals surface area contributed by atoms with Crippen LogP contribution in [0.5, 0.6) is 0 Å². The molecule has 2 saturated heterocycles. The summed E-state index contributed by atoms with van der Waals surface area (Å²) in [7, 11) is -3.64. The van der Waals surface area contributed by atoms with E-state index in [4.69, 9.17) is 0 Å². The third-order valence-corrected chi connectivity index (χ3v) is 9.58. The maximum atomic E-state index is 13.2. The molecule has 34 heavy (non-hydrogen) atoms. The van der Waals surface area contributed by atoms with Gasteiger partial charge in [-0.2, -0.15) is 4.31 Å². The van der Waals surface area contributed by atoms with Crippen molar-refractivity contribution in [3.63, 3.8) is 0 Å². The Morgan fingerprint density at radius 1 is 1.12 bits per heavy atom. The number of anilines is 1. The van der Waals surface area contributed by atoms with E-state index in [0.717, 1.165) is 17.3 Å². The summed E-state index contributed by atoms with van der Waals surface area (Å²) in [6.45, 7) is 4.31. The summed E-state index contributed by atoms with van der Waals surface area (Å²) >= 11 is 1.61. The predicted molar refractivity (Wildman–Crippen MR) is 133 cm³/mol. The number of rotatable bonds is 6. The molecule has 0 saturated carbocycles. The van der Waals surface area contributed by atoms with Crippen molar-refractivity contribution in [1.82, 2.24) is 14.6 Å². The average molecular weight is 497 g/mol. The summed E-state index contributed by atoms with van der Waals surface area (Å²) in [6.07, 6.45) is 1.98. The SMILES string of the molecule is C=CC(=O)NC1CC2CN(S(=O)(=O)c3ccc(NC(=O)c4cc5ccccc5[nH]4)cc3)CC2S1. The normalized spacial score (nSPS) is 22.4. The average Bonchev–Trinajstić information content (AvgIpc) is 3.52. The van der Waals surface area contributed by atoms with E-state index in [1.54, 1.807) is 30.0 Å². The molecule has 10 heteroatoms. The minimum absolute atomic E-state index is 0.00878. The third-order valence-electron chi connectivity index (χ3n) is 6.22. The van der Waals surface area contributed by atoms with Gasteiger partial charge in [0.1, 0.15) is 5.69 Å². The number of H-pyrrole nitrogens is 1. The molecule has 2 amide bonds. The summed E-state index contributed by atoms with van der Waals surface area (Å²) in [5, 5.41) is 6.77. The maximum Gasteiger partial charge on any atom is 0.272 e. The molecular weight excluding hydrogens is 472 g/mol. The van der Waals surface area contributed by atoms with Crippen LogP contribution in [0.25, 0.3) is 10.9 Å². The van der Waals surface area contributed by atoms with Crippen molar-refractivity contribution in [3.05, 3.63) is 72.9 Å². The first kappa shape index (κ1) is 22.7. The van der Waals surface area contributed by atoms with Crippen molar-refractivity contribution in [2.45, 2.75) is 21.9 Å². The van der Waals surface area contributed by atoms with E-state index in [0.29, 0.717) is 24.5 Å². The lowest BCUT2D eigenvalue weighted by atomic mass is 10.1. The fourth-order valence-electron chi connectivity index (χ4n) is 4.49. The first-order chi connectivity index (χ1) is 16.3. The van der Waals surface area contributed by atoms with Crippen LogP contribution < -0.4 is 10.6 Å². The lowest BCUT2D eigenvalue weighted by molar-refractivity contribution is -0.116. The molecule has 2 aliphatic heterocycles. The Bertz CT molecular complexity index is 1320. The molecule has 3 heterocycles. The molecule has 8 nitrogen and oxygen atoms in total. The molecule has 2 aliphatic rings. The van der Waals surface area contributed by atoms with Gasteiger partial charge in [0, 0.05) is 34.9 Å². The second kappa shape index (κ2) is 8.94. The van der Waals surface area contributed by atoms with E-state index in [9.17, 15) is 18.0 Å². The molecule has 2 aromatic carbocycles. The van der Waals surface area contributed by atoms with E-state index >= 15 is 0 Å². The number of thioether (sulfide) groups is 1. The molecule has 0 bridgehead atoms. The topological polar surface area (TPSA) is 111 Å². The molecule has 3 unspecified atom stereocenters. The lowest BCUT2D eigenvalue weighted by Crippen LogP contribution is -2.33. The summed E-state index contributed by atoms with van der Waals surface area (Å²) in [6, 6.07) is 15.6. The number of aromatic amines is 1. The van der Waals surface area contributed by atoms with Gasteiger partial charge in [0.25, 0.3) is 5.91 Å². The molecule has 176 valence electrons. The van der Waals surface area contributed by atoms with Crippen molar-refractivity contribution in [1.29, 1.82) is 0 Å². The van der Waals surface area contributed by atoms with Crippen LogP contribution in [-0.4, -0.2) is 53.2 Å². The predicted octanol–water partition coefficient (Wildman–Crippen LogP) is 3.17. The Labute approximate surface area is 201 Å². The number of para-hydroxylation sites is 1. The summed E-state index contributed by atoms with van der Waals surface area (Å²) in [5.74, 6) is -0.308. The summed E-state index contributed by atoms with van der Waals surface area (Å²) < 4.78 is 27.8. The molecular formula is C24H24N4O4S2. The zero-order chi connectivity index (χ0) is 23.9. The smallest absolute Gasteiger partial charge is 0.272 e. The highest BCUT2D eigenvalue weighted by Crippen LogP contribution is 2.43. The van der Waals surface area contributed by atoms with Crippen LogP contribution in [-0.2, 0) is 14.8 Å². The van der Waals surface area contributed by atoms with Crippen LogP contribution in [0.15, 0.2) is 72.1 Å². The number of hydrogen-bond donors (Lipinski definition) is 3. The van der Waals surface area contributed by atoms with E-state index in [1.807, 2.05) is 24.3 Å². The lowest BCUT2D eigenvalue weighted by Gasteiger charge is -2.19. The van der Waals surface area contributed by atoms with E-state index in [1.165, 1.54) is 22.5 Å². The van der Waals surface area contributed by atoms with Crippen molar-refractivity contribution >= 4 is 50.2 Å². The van der Waals surface area contributed by atoms with Gasteiger partial charge in [-0.05, 0) is 54.8 Å². The minimum Gasteiger partial charge on any atom is -0.351 e. The Hall–Kier alpha value is -3.08. The first-order valence-electron chi connectivity index (χ1n) is 10.9. The molecule has 3 aromatic rings. The van der Waals surface area contributed by atoms with Crippen LogP contribution in [0.2, 0.25) is 0 Å². The van der Waals surface area contributed by atoms with Gasteiger partial charge in [-0.3, -0.25) is 9.59 Å². The quantitative estimate of drug-likeness (QED) is 0.454. The Morgan fingerprint density at radius 3 is 2.59 bits per heavy atom. The molecule has 5 rings (SSSR count).